The zero-order valence-electron chi connectivity index (χ0n) is 13.0. The maximum absolute atomic E-state index is 12.0. The van der Waals surface area contributed by atoms with E-state index in [4.69, 9.17) is 9.47 Å². The van der Waals surface area contributed by atoms with E-state index in [1.165, 1.54) is 0 Å². The number of hydrogen-bond donors (Lipinski definition) is 1. The minimum absolute atomic E-state index is 0.0672. The number of halogens is 1. The van der Waals surface area contributed by atoms with Crippen LogP contribution in [0.25, 0.3) is 10.9 Å². The Morgan fingerprint density at radius 1 is 1.12 bits per heavy atom. The Morgan fingerprint density at radius 3 is 2.62 bits per heavy atom. The second kappa shape index (κ2) is 7.31. The molecule has 3 aromatic rings. The fraction of sp³-hybridized carbons (Fsp3) is 0.111. The molecule has 0 atom stereocenters. The molecule has 3 rings (SSSR count). The van der Waals surface area contributed by atoms with E-state index in [1.54, 1.807) is 25.4 Å². The van der Waals surface area contributed by atoms with Gasteiger partial charge in [0, 0.05) is 15.9 Å². The van der Waals surface area contributed by atoms with Crippen LogP contribution in [0, 0.1) is 0 Å². The van der Waals surface area contributed by atoms with Crippen molar-refractivity contribution < 1.29 is 14.3 Å². The van der Waals surface area contributed by atoms with Crippen molar-refractivity contribution in [2.45, 2.75) is 0 Å². The fourth-order valence-corrected chi connectivity index (χ4v) is 2.44. The number of ether oxygens (including phenoxy) is 2. The third kappa shape index (κ3) is 4.02. The van der Waals surface area contributed by atoms with Crippen molar-refractivity contribution in [3.63, 3.8) is 0 Å². The maximum atomic E-state index is 12.0. The number of carbonyl (C=O) groups excluding carboxylic acids is 1. The largest absolute Gasteiger partial charge is 0.497 e. The zero-order chi connectivity index (χ0) is 16.9. The Hall–Kier alpha value is -2.60. The van der Waals surface area contributed by atoms with Crippen molar-refractivity contribution in [1.29, 1.82) is 0 Å². The van der Waals surface area contributed by atoms with Crippen molar-refractivity contribution in [2.24, 2.45) is 0 Å². The number of nitrogens with one attached hydrogen (secondary N) is 1. The fourth-order valence-electron chi connectivity index (χ4n) is 2.17. The molecule has 0 aliphatic heterocycles. The summed E-state index contributed by atoms with van der Waals surface area (Å²) in [5, 5.41) is 3.70. The van der Waals surface area contributed by atoms with Gasteiger partial charge in [0.2, 0.25) is 0 Å². The highest BCUT2D eigenvalue weighted by molar-refractivity contribution is 9.10. The zero-order valence-corrected chi connectivity index (χ0v) is 14.5. The first-order valence-corrected chi connectivity index (χ1v) is 8.05. The maximum Gasteiger partial charge on any atom is 0.262 e. The number of rotatable bonds is 5. The summed E-state index contributed by atoms with van der Waals surface area (Å²) in [6.45, 7) is -0.0672. The molecule has 1 heterocycles. The van der Waals surface area contributed by atoms with Gasteiger partial charge in [0.1, 0.15) is 11.5 Å². The molecule has 1 amide bonds. The van der Waals surface area contributed by atoms with E-state index in [0.717, 1.165) is 21.1 Å². The molecule has 0 saturated heterocycles. The number of nitrogens with zero attached hydrogens (tertiary/aromatic N) is 1. The van der Waals surface area contributed by atoms with Gasteiger partial charge in [-0.1, -0.05) is 15.9 Å². The molecule has 122 valence electrons. The van der Waals surface area contributed by atoms with E-state index in [-0.39, 0.29) is 12.5 Å². The number of hydrogen-bond acceptors (Lipinski definition) is 4. The van der Waals surface area contributed by atoms with Crippen LogP contribution in [0.15, 0.2) is 59.2 Å². The lowest BCUT2D eigenvalue weighted by atomic mass is 10.2. The van der Waals surface area contributed by atoms with Gasteiger partial charge < -0.3 is 14.8 Å². The van der Waals surface area contributed by atoms with Gasteiger partial charge in [-0.25, -0.2) is 0 Å². The lowest BCUT2D eigenvalue weighted by Crippen LogP contribution is -2.20. The van der Waals surface area contributed by atoms with E-state index < -0.39 is 0 Å². The minimum atomic E-state index is -0.243. The first-order chi connectivity index (χ1) is 11.6. The van der Waals surface area contributed by atoms with Crippen LogP contribution in [0.5, 0.6) is 11.5 Å². The number of fused-ring (bicyclic) bond motifs is 1. The highest BCUT2D eigenvalue weighted by Crippen LogP contribution is 2.21. The molecule has 6 heteroatoms. The predicted octanol–water partition coefficient (Wildman–Crippen LogP) is 4.02. The van der Waals surface area contributed by atoms with Crippen LogP contribution in [0.3, 0.4) is 0 Å². The highest BCUT2D eigenvalue weighted by atomic mass is 79.9. The Labute approximate surface area is 147 Å². The van der Waals surface area contributed by atoms with Crippen LogP contribution in [0.1, 0.15) is 0 Å². The number of pyridine rings is 1. The first-order valence-electron chi connectivity index (χ1n) is 7.26. The smallest absolute Gasteiger partial charge is 0.262 e. The van der Waals surface area contributed by atoms with Gasteiger partial charge in [-0.3, -0.25) is 9.78 Å². The molecule has 0 unspecified atom stereocenters. The Morgan fingerprint density at radius 2 is 1.88 bits per heavy atom. The number of amides is 1. The lowest BCUT2D eigenvalue weighted by Gasteiger charge is -2.08. The van der Waals surface area contributed by atoms with Gasteiger partial charge in [-0.2, -0.15) is 0 Å². The number of carbonyl (C=O) groups is 1. The van der Waals surface area contributed by atoms with Crippen LogP contribution >= 0.6 is 15.9 Å². The third-order valence-corrected chi connectivity index (χ3v) is 3.89. The second-order valence-electron chi connectivity index (χ2n) is 5.07. The van der Waals surface area contributed by atoms with Gasteiger partial charge in [0.15, 0.2) is 6.61 Å². The number of methoxy groups -OCH3 is 1. The van der Waals surface area contributed by atoms with Crippen molar-refractivity contribution in [1.82, 2.24) is 4.98 Å². The predicted molar refractivity (Wildman–Crippen MR) is 96.6 cm³/mol. The molecule has 0 radical (unpaired) electrons. The number of anilines is 1. The molecule has 2 aromatic carbocycles. The van der Waals surface area contributed by atoms with Crippen LogP contribution in [0.2, 0.25) is 0 Å². The van der Waals surface area contributed by atoms with E-state index >= 15 is 0 Å². The molecule has 1 N–H and O–H groups in total. The first kappa shape index (κ1) is 16.3. The van der Waals surface area contributed by atoms with Gasteiger partial charge in [0.05, 0.1) is 24.5 Å². The SMILES string of the molecule is COc1ccc2cc(NC(=O)COc3ccc(Br)cc3)cnc2c1. The molecular weight excluding hydrogens is 372 g/mol. The van der Waals surface area contributed by atoms with Crippen LogP contribution in [-0.2, 0) is 4.79 Å². The van der Waals surface area contributed by atoms with Crippen molar-refractivity contribution in [2.75, 3.05) is 19.0 Å². The van der Waals surface area contributed by atoms with Crippen molar-refractivity contribution in [3.8, 4) is 11.5 Å². The molecule has 0 aliphatic carbocycles. The number of aromatic nitrogens is 1. The lowest BCUT2D eigenvalue weighted by molar-refractivity contribution is -0.118. The van der Waals surface area contributed by atoms with Crippen molar-refractivity contribution >= 4 is 38.4 Å². The van der Waals surface area contributed by atoms with Crippen LogP contribution in [-0.4, -0.2) is 24.6 Å². The van der Waals surface area contributed by atoms with Gasteiger partial charge in [0.25, 0.3) is 5.91 Å². The molecule has 1 aromatic heterocycles. The summed E-state index contributed by atoms with van der Waals surface area (Å²) in [7, 11) is 1.61. The summed E-state index contributed by atoms with van der Waals surface area (Å²) < 4.78 is 11.6. The summed E-state index contributed by atoms with van der Waals surface area (Å²) in [5.41, 5.74) is 1.43. The van der Waals surface area contributed by atoms with Crippen molar-refractivity contribution in [3.05, 3.63) is 59.2 Å². The summed E-state index contributed by atoms with van der Waals surface area (Å²) in [6, 6.07) is 14.8. The second-order valence-corrected chi connectivity index (χ2v) is 5.99. The standard InChI is InChI=1S/C18H15BrN2O3/c1-23-16-5-2-12-8-14(10-20-17(12)9-16)21-18(22)11-24-15-6-3-13(19)4-7-15/h2-10H,11H2,1H3,(H,21,22). The quantitative estimate of drug-likeness (QED) is 0.719. The van der Waals surface area contributed by atoms with E-state index in [9.17, 15) is 4.79 Å². The Kier molecular flexibility index (Phi) is 4.96. The minimum Gasteiger partial charge on any atom is -0.497 e. The summed E-state index contributed by atoms with van der Waals surface area (Å²) in [5.74, 6) is 1.14. The molecule has 0 spiro atoms. The Balaban J connectivity index is 1.63. The van der Waals surface area contributed by atoms with E-state index in [2.05, 4.69) is 26.2 Å². The average Bonchev–Trinajstić information content (AvgIpc) is 2.61. The van der Waals surface area contributed by atoms with Gasteiger partial charge in [-0.05, 0) is 42.5 Å². The molecule has 0 aliphatic rings. The van der Waals surface area contributed by atoms with E-state index in [1.807, 2.05) is 36.4 Å². The molecule has 5 nitrogen and oxygen atoms in total. The summed E-state index contributed by atoms with van der Waals surface area (Å²) >= 11 is 3.35. The molecular formula is C18H15BrN2O3. The summed E-state index contributed by atoms with van der Waals surface area (Å²) in [4.78, 5) is 16.3. The topological polar surface area (TPSA) is 60.5 Å². The van der Waals surface area contributed by atoms with Crippen LogP contribution in [0.4, 0.5) is 5.69 Å². The number of benzene rings is 2. The van der Waals surface area contributed by atoms with Gasteiger partial charge >= 0.3 is 0 Å². The Bertz CT molecular complexity index is 866. The molecule has 0 fully saturated rings. The highest BCUT2D eigenvalue weighted by Gasteiger charge is 2.06. The van der Waals surface area contributed by atoms with Gasteiger partial charge in [-0.15, -0.1) is 0 Å². The normalized spacial score (nSPS) is 10.4. The molecule has 24 heavy (non-hydrogen) atoms. The summed E-state index contributed by atoms with van der Waals surface area (Å²) in [6.07, 6.45) is 1.61. The molecule has 0 saturated carbocycles. The molecule has 0 bridgehead atoms. The average molecular weight is 387 g/mol. The van der Waals surface area contributed by atoms with Crippen LogP contribution < -0.4 is 14.8 Å². The third-order valence-electron chi connectivity index (χ3n) is 3.36. The van der Waals surface area contributed by atoms with E-state index in [0.29, 0.717) is 11.4 Å². The monoisotopic (exact) mass is 386 g/mol.